The first kappa shape index (κ1) is 39.6. The van der Waals surface area contributed by atoms with Gasteiger partial charge >= 0.3 is 6.09 Å². The van der Waals surface area contributed by atoms with E-state index in [0.717, 1.165) is 19.3 Å². The lowest BCUT2D eigenvalue weighted by molar-refractivity contribution is -0.143. The molecule has 2 aliphatic carbocycles. The van der Waals surface area contributed by atoms with E-state index >= 15 is 0 Å². The fraction of sp³-hybridized carbons (Fsp3) is 0.564. The Morgan fingerprint density at radius 1 is 1.04 bits per heavy atom. The van der Waals surface area contributed by atoms with Crippen molar-refractivity contribution in [3.05, 3.63) is 48.0 Å². The van der Waals surface area contributed by atoms with Crippen LogP contribution in [0.25, 0.3) is 21.7 Å². The van der Waals surface area contributed by atoms with E-state index in [2.05, 4.69) is 26.4 Å². The van der Waals surface area contributed by atoms with Gasteiger partial charge < -0.3 is 25.0 Å². The minimum absolute atomic E-state index is 0.0253. The maximum Gasteiger partial charge on any atom is 0.408 e. The average Bonchev–Trinajstić information content (AvgIpc) is 4.01. The zero-order valence-corrected chi connectivity index (χ0v) is 33.7. The lowest BCUT2D eigenvalue weighted by Crippen LogP contribution is -2.59. The van der Waals surface area contributed by atoms with Crippen molar-refractivity contribution in [1.82, 2.24) is 35.2 Å². The second-order valence-corrected chi connectivity index (χ2v) is 19.1. The number of pyridine rings is 1. The summed E-state index contributed by atoms with van der Waals surface area (Å²) in [7, 11) is -3.88. The number of nitrogens with one attached hydrogen (secondary N) is 3. The molecule has 0 bridgehead atoms. The maximum absolute atomic E-state index is 14.9. The van der Waals surface area contributed by atoms with Crippen molar-refractivity contribution in [2.45, 2.75) is 133 Å². The number of hydrogen-bond donors (Lipinski definition) is 3. The van der Waals surface area contributed by atoms with Gasteiger partial charge in [0.1, 0.15) is 39.7 Å². The van der Waals surface area contributed by atoms with Crippen LogP contribution < -0.4 is 20.1 Å². The minimum Gasteiger partial charge on any atom is -0.471 e. The lowest BCUT2D eigenvalue weighted by Gasteiger charge is -2.34. The monoisotopic (exact) mass is 807 g/mol. The molecule has 3 N–H and O–H groups in total. The molecule has 17 heteroatoms. The number of amides is 4. The number of aromatic nitrogens is 3. The summed E-state index contributed by atoms with van der Waals surface area (Å²) in [6.07, 6.45) is 9.19. The van der Waals surface area contributed by atoms with Crippen molar-refractivity contribution < 1.29 is 37.1 Å². The Kier molecular flexibility index (Phi) is 11.1. The molecule has 15 nitrogen and oxygen atoms in total. The van der Waals surface area contributed by atoms with Crippen LogP contribution in [0.5, 0.6) is 5.88 Å². The van der Waals surface area contributed by atoms with Crippen LogP contribution in [0.3, 0.4) is 0 Å². The van der Waals surface area contributed by atoms with Gasteiger partial charge in [0.05, 0.1) is 16.8 Å². The third-order valence-corrected chi connectivity index (χ3v) is 13.4. The van der Waals surface area contributed by atoms with E-state index in [1.165, 1.54) is 16.2 Å². The Hall–Kier alpha value is -4.64. The van der Waals surface area contributed by atoms with Gasteiger partial charge in [-0.15, -0.1) is 11.3 Å². The number of ether oxygens (including phenoxy) is 2. The summed E-state index contributed by atoms with van der Waals surface area (Å²) in [5, 5.41) is 6.92. The van der Waals surface area contributed by atoms with Crippen LogP contribution in [0.4, 0.5) is 4.79 Å². The number of allylic oxidation sites excluding steroid dienone is 1. The number of nitrogens with zero attached hydrogens (tertiary/aromatic N) is 4. The second kappa shape index (κ2) is 15.7. The molecule has 4 amide bonds. The molecule has 0 spiro atoms. The van der Waals surface area contributed by atoms with Crippen molar-refractivity contribution in [2.24, 2.45) is 5.92 Å². The molecule has 6 atom stereocenters. The van der Waals surface area contributed by atoms with Gasteiger partial charge in [-0.05, 0) is 95.2 Å². The fourth-order valence-electron chi connectivity index (χ4n) is 7.50. The Balaban J connectivity index is 1.25. The normalized spacial score (nSPS) is 27.6. The van der Waals surface area contributed by atoms with Gasteiger partial charge in [0.25, 0.3) is 5.91 Å². The average molecular weight is 808 g/mol. The Morgan fingerprint density at radius 2 is 1.82 bits per heavy atom. The molecule has 5 heterocycles. The number of carbonyl (C=O) groups is 4. The quantitative estimate of drug-likeness (QED) is 0.252. The first-order chi connectivity index (χ1) is 26.6. The molecule has 0 radical (unpaired) electrons. The topological polar surface area (TPSA) is 199 Å². The minimum atomic E-state index is -3.88. The van der Waals surface area contributed by atoms with Gasteiger partial charge in [-0.1, -0.05) is 38.0 Å². The van der Waals surface area contributed by atoms with E-state index < -0.39 is 74.5 Å². The van der Waals surface area contributed by atoms with Gasteiger partial charge in [0.15, 0.2) is 5.82 Å². The van der Waals surface area contributed by atoms with Crippen molar-refractivity contribution in [1.29, 1.82) is 0 Å². The molecule has 2 aliphatic heterocycles. The highest BCUT2D eigenvalue weighted by Gasteiger charge is 2.61. The van der Waals surface area contributed by atoms with E-state index in [1.54, 1.807) is 46.0 Å². The fourth-order valence-corrected chi connectivity index (χ4v) is 9.62. The van der Waals surface area contributed by atoms with Crippen molar-refractivity contribution in [2.75, 3.05) is 0 Å². The van der Waals surface area contributed by atoms with Gasteiger partial charge in [-0.25, -0.2) is 18.2 Å². The molecule has 0 aromatic carbocycles. The van der Waals surface area contributed by atoms with Crippen LogP contribution in [0.15, 0.2) is 48.0 Å². The SMILES string of the molecule is C[C@@H]1CC1(NC(=O)[C@@H]1C[C@@H](Oc2nc(-c3ccccn3)nc3ccsc23)C2C/C=C\CCCCCC(NC(=O)OC(C)(C)C)C(=O)N21)C(=O)NS(=O)(=O)C1CC1. The van der Waals surface area contributed by atoms with Crippen LogP contribution in [0.2, 0.25) is 0 Å². The van der Waals surface area contributed by atoms with Crippen molar-refractivity contribution >= 4 is 55.4 Å². The largest absolute Gasteiger partial charge is 0.471 e. The lowest BCUT2D eigenvalue weighted by atomic mass is 10.0. The predicted octanol–water partition coefficient (Wildman–Crippen LogP) is 4.78. The van der Waals surface area contributed by atoms with Crippen LogP contribution >= 0.6 is 11.3 Å². The van der Waals surface area contributed by atoms with Gasteiger partial charge in [0.2, 0.25) is 27.7 Å². The van der Waals surface area contributed by atoms with E-state index in [0.29, 0.717) is 53.8 Å². The molecule has 3 aromatic heterocycles. The molecular weight excluding hydrogens is 759 g/mol. The number of rotatable bonds is 9. The summed E-state index contributed by atoms with van der Waals surface area (Å²) >= 11 is 1.40. The molecule has 3 unspecified atom stereocenters. The summed E-state index contributed by atoms with van der Waals surface area (Å²) in [6, 6.07) is 4.42. The van der Waals surface area contributed by atoms with Gasteiger partial charge in [-0.3, -0.25) is 24.1 Å². The zero-order valence-electron chi connectivity index (χ0n) is 32.0. The molecule has 4 aliphatic rings. The molecule has 3 aromatic rings. The highest BCUT2D eigenvalue weighted by molar-refractivity contribution is 7.91. The number of fused-ring (bicyclic) bond motifs is 2. The number of alkyl carbamates (subject to hydrolysis) is 1. The van der Waals surface area contributed by atoms with E-state index in [4.69, 9.17) is 19.4 Å². The van der Waals surface area contributed by atoms with Crippen molar-refractivity contribution in [3.63, 3.8) is 0 Å². The van der Waals surface area contributed by atoms with E-state index in [-0.39, 0.29) is 24.6 Å². The summed E-state index contributed by atoms with van der Waals surface area (Å²) in [6.45, 7) is 6.97. The molecule has 1 saturated heterocycles. The molecule has 300 valence electrons. The zero-order chi connectivity index (χ0) is 39.8. The summed E-state index contributed by atoms with van der Waals surface area (Å²) in [5.74, 6) is -1.62. The third-order valence-electron chi connectivity index (χ3n) is 10.7. The Labute approximate surface area is 330 Å². The van der Waals surface area contributed by atoms with Gasteiger partial charge in [-0.2, -0.15) is 4.98 Å². The number of carbonyl (C=O) groups excluding carboxylic acids is 4. The highest BCUT2D eigenvalue weighted by atomic mass is 32.2. The number of hydrogen-bond acceptors (Lipinski definition) is 12. The van der Waals surface area contributed by atoms with Crippen LogP contribution in [-0.4, -0.2) is 92.7 Å². The molecule has 3 fully saturated rings. The molecule has 56 heavy (non-hydrogen) atoms. The maximum atomic E-state index is 14.9. The smallest absolute Gasteiger partial charge is 0.408 e. The molecule has 2 saturated carbocycles. The standard InChI is InChI=1S/C39H49N7O8S2/c1-23-22-39(23,36(49)45-56(51,52)24-16-17-24)44-33(47)29-21-30(53-34-31-25(18-20-55-31)41-32(43-34)26-13-11-12-19-40-26)28-15-10-8-6-5-7-9-14-27(35(48)46(28)29)42-37(50)54-38(2,3)4/h8,10-13,18-20,23-24,27-30H,5-7,9,14-17,21-22H2,1-4H3,(H,42,50)(H,44,47)(H,45,49)/b10-8-/t23-,27?,28?,29+,30-,39?/m1/s1. The van der Waals surface area contributed by atoms with E-state index in [1.807, 2.05) is 23.6 Å². The second-order valence-electron chi connectivity index (χ2n) is 16.2. The van der Waals surface area contributed by atoms with Gasteiger partial charge in [0, 0.05) is 12.6 Å². The molecular formula is C39H49N7O8S2. The third kappa shape index (κ3) is 8.67. The first-order valence-electron chi connectivity index (χ1n) is 19.3. The summed E-state index contributed by atoms with van der Waals surface area (Å²) in [5.41, 5.74) is -1.09. The van der Waals surface area contributed by atoms with Crippen molar-refractivity contribution in [3.8, 4) is 17.4 Å². The Morgan fingerprint density at radius 3 is 2.52 bits per heavy atom. The highest BCUT2D eigenvalue weighted by Crippen LogP contribution is 2.45. The van der Waals surface area contributed by atoms with Crippen LogP contribution in [-0.2, 0) is 29.1 Å². The number of thiophene rings is 1. The van der Waals surface area contributed by atoms with Crippen LogP contribution in [0, 0.1) is 5.92 Å². The summed E-state index contributed by atoms with van der Waals surface area (Å²) in [4.78, 5) is 71.7. The van der Waals surface area contributed by atoms with Crippen LogP contribution in [0.1, 0.15) is 91.9 Å². The molecule has 7 rings (SSSR count). The van der Waals surface area contributed by atoms with E-state index in [9.17, 15) is 27.6 Å². The summed E-state index contributed by atoms with van der Waals surface area (Å²) < 4.78 is 40.8. The Bertz CT molecular complexity index is 2120. The first-order valence-corrected chi connectivity index (χ1v) is 21.8. The number of sulfonamides is 1. The predicted molar refractivity (Wildman–Crippen MR) is 209 cm³/mol.